The Balaban J connectivity index is 2.30. The number of halogens is 1. The van der Waals surface area contributed by atoms with Crippen LogP contribution in [0.4, 0.5) is 10.1 Å². The summed E-state index contributed by atoms with van der Waals surface area (Å²) in [5.41, 5.74) is 9.55. The number of fused-ring (bicyclic) bond motifs is 1. The fourth-order valence-electron chi connectivity index (χ4n) is 2.48. The molecule has 102 valence electrons. The number of hydrogen-bond donors (Lipinski definition) is 1. The lowest BCUT2D eigenvalue weighted by Gasteiger charge is -2.07. The molecule has 2 N–H and O–H groups in total. The van der Waals surface area contributed by atoms with Gasteiger partial charge in [0.15, 0.2) is 0 Å². The molecule has 0 aliphatic carbocycles. The molecule has 0 bridgehead atoms. The predicted octanol–water partition coefficient (Wildman–Crippen LogP) is 3.75. The molecule has 3 nitrogen and oxygen atoms in total. The van der Waals surface area contributed by atoms with E-state index in [4.69, 9.17) is 5.73 Å². The first-order valence-corrected chi connectivity index (χ1v) is 6.62. The Morgan fingerprint density at radius 2 is 2.00 bits per heavy atom. The number of nitrogens with two attached hydrogens (primary N) is 1. The topological polar surface area (TPSA) is 43.8 Å². The van der Waals surface area contributed by atoms with Crippen LogP contribution in [-0.2, 0) is 6.54 Å². The largest absolute Gasteiger partial charge is 0.399 e. The second-order valence-electron chi connectivity index (χ2n) is 4.91. The normalized spacial score (nSPS) is 11.2. The van der Waals surface area contributed by atoms with Gasteiger partial charge >= 0.3 is 0 Å². The van der Waals surface area contributed by atoms with Gasteiger partial charge in [-0.05, 0) is 49.7 Å². The summed E-state index contributed by atoms with van der Waals surface area (Å²) in [5, 5.41) is 0. The summed E-state index contributed by atoms with van der Waals surface area (Å²) in [4.78, 5) is 4.59. The number of hydrogen-bond acceptors (Lipinski definition) is 2. The van der Waals surface area contributed by atoms with Crippen molar-refractivity contribution in [1.82, 2.24) is 9.55 Å². The first-order valence-electron chi connectivity index (χ1n) is 6.62. The Bertz CT molecular complexity index is 790. The molecule has 0 unspecified atom stereocenters. The highest BCUT2D eigenvalue weighted by atomic mass is 19.1. The second kappa shape index (κ2) is 4.63. The molecule has 1 heterocycles. The van der Waals surface area contributed by atoms with Crippen molar-refractivity contribution < 1.29 is 4.39 Å². The molecule has 4 heteroatoms. The van der Waals surface area contributed by atoms with Crippen molar-refractivity contribution >= 4 is 16.7 Å². The van der Waals surface area contributed by atoms with Gasteiger partial charge in [0, 0.05) is 12.2 Å². The Kier molecular flexibility index (Phi) is 2.93. The fourth-order valence-corrected chi connectivity index (χ4v) is 2.48. The highest BCUT2D eigenvalue weighted by molar-refractivity contribution is 5.81. The fraction of sp³-hybridized carbons (Fsp3) is 0.188. The summed E-state index contributed by atoms with van der Waals surface area (Å²) < 4.78 is 16.1. The molecule has 1 aromatic heterocycles. The molecule has 20 heavy (non-hydrogen) atoms. The van der Waals surface area contributed by atoms with Crippen LogP contribution >= 0.6 is 0 Å². The number of rotatable bonds is 2. The smallest absolute Gasteiger partial charge is 0.144 e. The van der Waals surface area contributed by atoms with E-state index in [0.717, 1.165) is 23.1 Å². The molecule has 0 saturated heterocycles. The number of benzene rings is 2. The van der Waals surface area contributed by atoms with Crippen LogP contribution in [0.3, 0.4) is 0 Å². The second-order valence-corrected chi connectivity index (χ2v) is 4.91. The average Bonchev–Trinajstić information content (AvgIpc) is 2.75. The van der Waals surface area contributed by atoms with E-state index in [1.165, 1.54) is 6.07 Å². The third-order valence-corrected chi connectivity index (χ3v) is 3.45. The molecular weight excluding hydrogens is 253 g/mol. The number of aryl methyl sites for hydroxylation is 2. The zero-order valence-electron chi connectivity index (χ0n) is 11.5. The maximum Gasteiger partial charge on any atom is 0.144 e. The molecule has 0 radical (unpaired) electrons. The molecule has 0 saturated carbocycles. The van der Waals surface area contributed by atoms with Crippen molar-refractivity contribution in [3.8, 4) is 11.4 Å². The van der Waals surface area contributed by atoms with Crippen LogP contribution in [0, 0.1) is 12.7 Å². The van der Waals surface area contributed by atoms with Crippen molar-refractivity contribution in [2.24, 2.45) is 0 Å². The molecule has 2 aromatic carbocycles. The summed E-state index contributed by atoms with van der Waals surface area (Å²) in [5.74, 6) is 0.303. The third kappa shape index (κ3) is 1.93. The first-order chi connectivity index (χ1) is 9.60. The predicted molar refractivity (Wildman–Crippen MR) is 80.0 cm³/mol. The zero-order valence-corrected chi connectivity index (χ0v) is 11.5. The molecule has 0 amide bonds. The Morgan fingerprint density at radius 3 is 2.70 bits per heavy atom. The van der Waals surface area contributed by atoms with Crippen molar-refractivity contribution in [3.63, 3.8) is 0 Å². The molecular formula is C16H16FN3. The van der Waals surface area contributed by atoms with Gasteiger partial charge in [-0.1, -0.05) is 6.07 Å². The van der Waals surface area contributed by atoms with Gasteiger partial charge in [-0.2, -0.15) is 0 Å². The number of anilines is 1. The minimum atomic E-state index is -0.341. The van der Waals surface area contributed by atoms with Crippen LogP contribution in [0.1, 0.15) is 12.5 Å². The summed E-state index contributed by atoms with van der Waals surface area (Å²) in [6.07, 6.45) is 0. The number of imidazole rings is 1. The Labute approximate surface area is 116 Å². The zero-order chi connectivity index (χ0) is 14.3. The maximum atomic E-state index is 14.1. The highest BCUT2D eigenvalue weighted by Crippen LogP contribution is 2.28. The van der Waals surface area contributed by atoms with E-state index in [9.17, 15) is 4.39 Å². The lowest BCUT2D eigenvalue weighted by Crippen LogP contribution is -1.99. The Morgan fingerprint density at radius 1 is 1.20 bits per heavy atom. The van der Waals surface area contributed by atoms with Crippen LogP contribution in [0.5, 0.6) is 0 Å². The molecule has 3 aromatic rings. The van der Waals surface area contributed by atoms with Gasteiger partial charge in [0.25, 0.3) is 0 Å². The molecule has 0 aliphatic heterocycles. The van der Waals surface area contributed by atoms with E-state index >= 15 is 0 Å². The highest BCUT2D eigenvalue weighted by Gasteiger charge is 2.15. The van der Waals surface area contributed by atoms with Crippen molar-refractivity contribution in [3.05, 3.63) is 47.8 Å². The molecule has 0 atom stereocenters. The van der Waals surface area contributed by atoms with Crippen LogP contribution in [0.2, 0.25) is 0 Å². The van der Waals surface area contributed by atoms with Gasteiger partial charge in [-0.15, -0.1) is 0 Å². The van der Waals surface area contributed by atoms with E-state index in [-0.39, 0.29) is 5.82 Å². The minimum absolute atomic E-state index is 0.341. The molecule has 0 spiro atoms. The quantitative estimate of drug-likeness (QED) is 0.720. The van der Waals surface area contributed by atoms with Gasteiger partial charge in [0.1, 0.15) is 11.6 Å². The standard InChI is InChI=1S/C16H16FN3/c1-3-20-15-7-4-10(2)8-14(15)19-16(20)12-6-5-11(18)9-13(12)17/h4-9H,3,18H2,1-2H3. The van der Waals surface area contributed by atoms with Crippen LogP contribution in [0.15, 0.2) is 36.4 Å². The summed E-state index contributed by atoms with van der Waals surface area (Å²) in [6.45, 7) is 4.78. The molecule has 3 rings (SSSR count). The number of aromatic nitrogens is 2. The van der Waals surface area contributed by atoms with E-state index in [1.807, 2.05) is 36.6 Å². The average molecular weight is 269 g/mol. The van der Waals surface area contributed by atoms with Crippen molar-refractivity contribution in [2.45, 2.75) is 20.4 Å². The van der Waals surface area contributed by atoms with Gasteiger partial charge in [-0.3, -0.25) is 0 Å². The lowest BCUT2D eigenvalue weighted by molar-refractivity contribution is 0.628. The van der Waals surface area contributed by atoms with Gasteiger partial charge in [0.05, 0.1) is 16.6 Å². The van der Waals surface area contributed by atoms with Crippen molar-refractivity contribution in [1.29, 1.82) is 0 Å². The maximum absolute atomic E-state index is 14.1. The van der Waals surface area contributed by atoms with Gasteiger partial charge < -0.3 is 10.3 Å². The van der Waals surface area contributed by atoms with E-state index in [2.05, 4.69) is 4.98 Å². The lowest BCUT2D eigenvalue weighted by atomic mass is 10.2. The minimum Gasteiger partial charge on any atom is -0.399 e. The number of nitrogens with zero attached hydrogens (tertiary/aromatic N) is 2. The first kappa shape index (κ1) is 12.7. The Hall–Kier alpha value is -2.36. The molecule has 0 fully saturated rings. The SMILES string of the molecule is CCn1c(-c2ccc(N)cc2F)nc2cc(C)ccc21. The summed E-state index contributed by atoms with van der Waals surface area (Å²) >= 11 is 0. The van der Waals surface area contributed by atoms with Gasteiger partial charge in [0.2, 0.25) is 0 Å². The van der Waals surface area contributed by atoms with E-state index in [1.54, 1.807) is 12.1 Å². The summed E-state index contributed by atoms with van der Waals surface area (Å²) in [7, 11) is 0. The number of nitrogen functional groups attached to an aromatic ring is 1. The third-order valence-electron chi connectivity index (χ3n) is 3.45. The van der Waals surface area contributed by atoms with Crippen LogP contribution in [-0.4, -0.2) is 9.55 Å². The van der Waals surface area contributed by atoms with Crippen LogP contribution < -0.4 is 5.73 Å². The molecule has 0 aliphatic rings. The van der Waals surface area contributed by atoms with E-state index in [0.29, 0.717) is 17.1 Å². The van der Waals surface area contributed by atoms with Crippen molar-refractivity contribution in [2.75, 3.05) is 5.73 Å². The monoisotopic (exact) mass is 269 g/mol. The van der Waals surface area contributed by atoms with Crippen LogP contribution in [0.25, 0.3) is 22.4 Å². The van der Waals surface area contributed by atoms with Gasteiger partial charge in [-0.25, -0.2) is 9.37 Å². The van der Waals surface area contributed by atoms with E-state index < -0.39 is 0 Å². The summed E-state index contributed by atoms with van der Waals surface area (Å²) in [6, 6.07) is 10.8.